The lowest BCUT2D eigenvalue weighted by Crippen LogP contribution is -2.39. The van der Waals surface area contributed by atoms with Crippen LogP contribution in [-0.4, -0.2) is 47.2 Å². The number of rotatable bonds is 5. The maximum atomic E-state index is 12.6. The van der Waals surface area contributed by atoms with Crippen LogP contribution in [0, 0.1) is 0 Å². The molecule has 2 aromatic carbocycles. The second-order valence-electron chi connectivity index (χ2n) is 6.64. The Bertz CT molecular complexity index is 973. The summed E-state index contributed by atoms with van der Waals surface area (Å²) in [5.74, 6) is 0.703. The van der Waals surface area contributed by atoms with Gasteiger partial charge in [-0.15, -0.1) is 0 Å². The summed E-state index contributed by atoms with van der Waals surface area (Å²) in [5, 5.41) is 5.34. The molecule has 4 rings (SSSR count). The smallest absolute Gasteiger partial charge is 0.317 e. The van der Waals surface area contributed by atoms with E-state index in [1.807, 2.05) is 24.3 Å². The number of carbonyl (C=O) groups is 1. The summed E-state index contributed by atoms with van der Waals surface area (Å²) in [4.78, 5) is 22.6. The topological polar surface area (TPSA) is 76.6 Å². The van der Waals surface area contributed by atoms with Gasteiger partial charge in [0.2, 0.25) is 0 Å². The number of nitrogens with one attached hydrogen (secondary N) is 1. The van der Waals surface area contributed by atoms with Gasteiger partial charge in [-0.3, -0.25) is 0 Å². The molecule has 1 aliphatic rings. The monoisotopic (exact) mass is 378 g/mol. The summed E-state index contributed by atoms with van der Waals surface area (Å²) in [5.41, 5.74) is 1.10. The number of carbonyl (C=O) groups excluding carboxylic acids is 1. The van der Waals surface area contributed by atoms with Crippen molar-refractivity contribution >= 4 is 16.8 Å². The maximum Gasteiger partial charge on any atom is 0.317 e. The normalized spacial score (nSPS) is 16.2. The third kappa shape index (κ3) is 3.83. The Labute approximate surface area is 163 Å². The van der Waals surface area contributed by atoms with Crippen molar-refractivity contribution in [3.63, 3.8) is 0 Å². The van der Waals surface area contributed by atoms with Crippen LogP contribution in [-0.2, 0) is 6.54 Å². The third-order valence-corrected chi connectivity index (χ3v) is 4.85. The second kappa shape index (κ2) is 8.12. The average molecular weight is 378 g/mol. The first-order valence-electron chi connectivity index (χ1n) is 9.25. The van der Waals surface area contributed by atoms with Crippen molar-refractivity contribution in [2.45, 2.75) is 19.1 Å². The van der Waals surface area contributed by atoms with E-state index in [4.69, 9.17) is 9.47 Å². The van der Waals surface area contributed by atoms with Gasteiger partial charge in [0.25, 0.3) is 11.8 Å². The van der Waals surface area contributed by atoms with E-state index in [0.717, 1.165) is 17.4 Å². The summed E-state index contributed by atoms with van der Waals surface area (Å²) in [6, 6.07) is 14.2. The van der Waals surface area contributed by atoms with Gasteiger partial charge in [0.15, 0.2) is 0 Å². The molecule has 0 radical (unpaired) electrons. The number of urea groups is 1. The summed E-state index contributed by atoms with van der Waals surface area (Å²) in [6.07, 6.45) is 3.71. The van der Waals surface area contributed by atoms with Crippen molar-refractivity contribution in [2.75, 3.05) is 20.2 Å². The van der Waals surface area contributed by atoms with Crippen molar-refractivity contribution in [1.82, 2.24) is 20.2 Å². The average Bonchev–Trinajstić information content (AvgIpc) is 3.21. The molecule has 7 heteroatoms. The van der Waals surface area contributed by atoms with Gasteiger partial charge >= 0.3 is 6.03 Å². The van der Waals surface area contributed by atoms with Crippen molar-refractivity contribution in [2.24, 2.45) is 0 Å². The van der Waals surface area contributed by atoms with Crippen molar-refractivity contribution in [3.05, 3.63) is 60.4 Å². The molecule has 7 nitrogen and oxygen atoms in total. The lowest BCUT2D eigenvalue weighted by atomic mass is 10.0. The van der Waals surface area contributed by atoms with E-state index in [9.17, 15) is 4.79 Å². The Kier molecular flexibility index (Phi) is 5.23. The lowest BCUT2D eigenvalue weighted by molar-refractivity contribution is 0.177. The molecule has 0 aliphatic carbocycles. The van der Waals surface area contributed by atoms with Gasteiger partial charge in [0.1, 0.15) is 6.10 Å². The Morgan fingerprint density at radius 2 is 1.93 bits per heavy atom. The van der Waals surface area contributed by atoms with E-state index >= 15 is 0 Å². The fourth-order valence-electron chi connectivity index (χ4n) is 3.43. The Hall–Kier alpha value is -3.35. The number of hydrogen-bond acceptors (Lipinski definition) is 5. The molecule has 1 saturated heterocycles. The first kappa shape index (κ1) is 18.0. The minimum atomic E-state index is -0.131. The number of nitrogens with zero attached hydrogens (tertiary/aromatic N) is 3. The van der Waals surface area contributed by atoms with Gasteiger partial charge in [0, 0.05) is 31.9 Å². The fourth-order valence-corrected chi connectivity index (χ4v) is 3.43. The number of benzene rings is 2. The first-order chi connectivity index (χ1) is 13.7. The molecule has 2 heterocycles. The molecule has 2 amide bonds. The predicted octanol–water partition coefficient (Wildman–Crippen LogP) is 3.00. The van der Waals surface area contributed by atoms with Crippen molar-refractivity contribution in [1.29, 1.82) is 0 Å². The lowest BCUT2D eigenvalue weighted by Gasteiger charge is -2.18. The molecule has 3 aromatic rings. The van der Waals surface area contributed by atoms with Crippen molar-refractivity contribution in [3.8, 4) is 11.8 Å². The van der Waals surface area contributed by atoms with Crippen LogP contribution in [0.15, 0.2) is 54.9 Å². The highest BCUT2D eigenvalue weighted by Crippen LogP contribution is 2.24. The van der Waals surface area contributed by atoms with Gasteiger partial charge in [-0.1, -0.05) is 42.5 Å². The molecule has 144 valence electrons. The van der Waals surface area contributed by atoms with Crippen LogP contribution in [0.25, 0.3) is 10.8 Å². The third-order valence-electron chi connectivity index (χ3n) is 4.85. The molecular formula is C21H22N4O3. The zero-order valence-electron chi connectivity index (χ0n) is 15.7. The number of fused-ring (bicyclic) bond motifs is 1. The van der Waals surface area contributed by atoms with Crippen LogP contribution in [0.1, 0.15) is 12.0 Å². The van der Waals surface area contributed by atoms with Crippen LogP contribution in [0.3, 0.4) is 0 Å². The molecule has 1 atom stereocenters. The van der Waals surface area contributed by atoms with E-state index in [0.29, 0.717) is 31.4 Å². The molecule has 1 aromatic heterocycles. The van der Waals surface area contributed by atoms with Crippen molar-refractivity contribution < 1.29 is 14.3 Å². The summed E-state index contributed by atoms with van der Waals surface area (Å²) in [6.45, 7) is 1.62. The number of methoxy groups -OCH3 is 1. The predicted molar refractivity (Wildman–Crippen MR) is 105 cm³/mol. The van der Waals surface area contributed by atoms with E-state index in [1.165, 1.54) is 12.5 Å². The SMILES string of the molecule is COc1nccnc1OC1CCN(C(=O)NCc2cccc3ccccc23)C1. The van der Waals surface area contributed by atoms with Gasteiger partial charge in [-0.2, -0.15) is 0 Å². The fraction of sp³-hybridized carbons (Fsp3) is 0.286. The molecule has 0 bridgehead atoms. The van der Waals surface area contributed by atoms with Gasteiger partial charge in [-0.25, -0.2) is 14.8 Å². The second-order valence-corrected chi connectivity index (χ2v) is 6.64. The molecule has 1 aliphatic heterocycles. The van der Waals surface area contributed by atoms with Crippen LogP contribution in [0.4, 0.5) is 4.79 Å². The summed E-state index contributed by atoms with van der Waals surface area (Å²) < 4.78 is 11.0. The molecule has 1 N–H and O–H groups in total. The summed E-state index contributed by atoms with van der Waals surface area (Å²) in [7, 11) is 1.53. The largest absolute Gasteiger partial charge is 0.477 e. The molecule has 1 fully saturated rings. The molecule has 0 spiro atoms. The molecule has 28 heavy (non-hydrogen) atoms. The number of hydrogen-bond donors (Lipinski definition) is 1. The molecule has 0 saturated carbocycles. The zero-order chi connectivity index (χ0) is 19.3. The minimum Gasteiger partial charge on any atom is -0.477 e. The minimum absolute atomic E-state index is 0.0925. The zero-order valence-corrected chi connectivity index (χ0v) is 15.7. The van der Waals surface area contributed by atoms with E-state index < -0.39 is 0 Å². The number of amides is 2. The number of aromatic nitrogens is 2. The highest BCUT2D eigenvalue weighted by molar-refractivity contribution is 5.86. The van der Waals surface area contributed by atoms with Crippen LogP contribution in [0.2, 0.25) is 0 Å². The number of ether oxygens (including phenoxy) is 2. The standard InChI is InChI=1S/C21H22N4O3/c1-27-19-20(23-11-10-22-19)28-17-9-12-25(14-17)21(26)24-13-16-7-4-6-15-5-2-3-8-18(15)16/h2-8,10-11,17H,9,12-14H2,1H3,(H,24,26). The van der Waals surface area contributed by atoms with Gasteiger partial charge in [0.05, 0.1) is 13.7 Å². The highest BCUT2D eigenvalue weighted by Gasteiger charge is 2.28. The molecule has 1 unspecified atom stereocenters. The highest BCUT2D eigenvalue weighted by atomic mass is 16.5. The van der Waals surface area contributed by atoms with E-state index in [-0.39, 0.29) is 12.1 Å². The Morgan fingerprint density at radius 1 is 1.14 bits per heavy atom. The maximum absolute atomic E-state index is 12.6. The van der Waals surface area contributed by atoms with Crippen LogP contribution < -0.4 is 14.8 Å². The van der Waals surface area contributed by atoms with Gasteiger partial charge < -0.3 is 19.7 Å². The number of likely N-dealkylation sites (tertiary alicyclic amines) is 1. The van der Waals surface area contributed by atoms with E-state index in [1.54, 1.807) is 17.3 Å². The van der Waals surface area contributed by atoms with E-state index in [2.05, 4.69) is 33.5 Å². The molecular weight excluding hydrogens is 356 g/mol. The first-order valence-corrected chi connectivity index (χ1v) is 9.25. The quantitative estimate of drug-likeness (QED) is 0.739. The summed E-state index contributed by atoms with van der Waals surface area (Å²) >= 11 is 0. The Balaban J connectivity index is 1.35. The van der Waals surface area contributed by atoms with Crippen LogP contribution in [0.5, 0.6) is 11.8 Å². The van der Waals surface area contributed by atoms with Gasteiger partial charge in [-0.05, 0) is 16.3 Å². The van der Waals surface area contributed by atoms with Crippen LogP contribution >= 0.6 is 0 Å². The Morgan fingerprint density at radius 3 is 2.79 bits per heavy atom.